The molecule has 0 saturated heterocycles. The van der Waals surface area contributed by atoms with Gasteiger partial charge in [0.1, 0.15) is 0 Å². The Morgan fingerprint density at radius 1 is 1.70 bits per heavy atom. The maximum Gasteiger partial charge on any atom is 0.224 e. The average molecular weight is 162 g/mol. The van der Waals surface area contributed by atoms with Crippen LogP contribution >= 0.6 is 11.6 Å². The van der Waals surface area contributed by atoms with Crippen LogP contribution in [0.4, 0.5) is 10.2 Å². The van der Waals surface area contributed by atoms with Gasteiger partial charge in [-0.1, -0.05) is 0 Å². The smallest absolute Gasteiger partial charge is 0.224 e. The number of nitrogens with one attached hydrogen (secondary N) is 1. The van der Waals surface area contributed by atoms with Crippen molar-refractivity contribution in [2.45, 2.75) is 0 Å². The van der Waals surface area contributed by atoms with Gasteiger partial charge in [0.15, 0.2) is 11.6 Å². The number of hydrogen-bond acceptors (Lipinski definition) is 3. The molecule has 1 aromatic heterocycles. The van der Waals surface area contributed by atoms with E-state index in [1.807, 2.05) is 0 Å². The summed E-state index contributed by atoms with van der Waals surface area (Å²) in [4.78, 5) is 6.99. The predicted octanol–water partition coefficient (Wildman–Crippen LogP) is 1.31. The van der Waals surface area contributed by atoms with Gasteiger partial charge in [-0.15, -0.1) is 0 Å². The monoisotopic (exact) mass is 161 g/mol. The van der Waals surface area contributed by atoms with Crippen LogP contribution in [0.2, 0.25) is 5.28 Å². The molecule has 1 rings (SSSR count). The van der Waals surface area contributed by atoms with E-state index in [0.29, 0.717) is 0 Å². The highest BCUT2D eigenvalue weighted by molar-refractivity contribution is 6.28. The van der Waals surface area contributed by atoms with E-state index in [1.165, 1.54) is 0 Å². The molecular weight excluding hydrogens is 157 g/mol. The van der Waals surface area contributed by atoms with Crippen LogP contribution in [0.25, 0.3) is 0 Å². The van der Waals surface area contributed by atoms with Crippen molar-refractivity contribution in [1.29, 1.82) is 0 Å². The molecule has 0 radical (unpaired) electrons. The molecule has 1 aromatic rings. The molecule has 54 valence electrons. The van der Waals surface area contributed by atoms with E-state index < -0.39 is 5.82 Å². The predicted molar refractivity (Wildman–Crippen MR) is 36.5 cm³/mol. The summed E-state index contributed by atoms with van der Waals surface area (Å²) in [7, 11) is 1.56. The summed E-state index contributed by atoms with van der Waals surface area (Å²) in [5.74, 6) is -0.396. The minimum atomic E-state index is -0.507. The highest BCUT2D eigenvalue weighted by atomic mass is 35.5. The lowest BCUT2D eigenvalue weighted by atomic mass is 10.5. The van der Waals surface area contributed by atoms with Gasteiger partial charge in [-0.05, 0) is 11.6 Å². The van der Waals surface area contributed by atoms with Gasteiger partial charge in [0, 0.05) is 7.05 Å². The van der Waals surface area contributed by atoms with Crippen molar-refractivity contribution in [3.63, 3.8) is 0 Å². The zero-order chi connectivity index (χ0) is 7.56. The Hall–Kier alpha value is -0.900. The SMILES string of the molecule is CNc1nc(Cl)ncc1F. The fraction of sp³-hybridized carbons (Fsp3) is 0.200. The molecule has 3 nitrogen and oxygen atoms in total. The average Bonchev–Trinajstić information content (AvgIpc) is 1.94. The Kier molecular flexibility index (Phi) is 2.01. The van der Waals surface area contributed by atoms with Crippen LogP contribution in [-0.2, 0) is 0 Å². The van der Waals surface area contributed by atoms with Crippen molar-refractivity contribution in [1.82, 2.24) is 9.97 Å². The van der Waals surface area contributed by atoms with E-state index in [9.17, 15) is 4.39 Å². The molecule has 0 bridgehead atoms. The van der Waals surface area contributed by atoms with Gasteiger partial charge in [-0.25, -0.2) is 9.37 Å². The van der Waals surface area contributed by atoms with Crippen molar-refractivity contribution in [3.05, 3.63) is 17.3 Å². The lowest BCUT2D eigenvalue weighted by Crippen LogP contribution is -1.97. The molecule has 0 amide bonds. The summed E-state index contributed by atoms with van der Waals surface area (Å²) in [6, 6.07) is 0. The minimum Gasteiger partial charge on any atom is -0.371 e. The number of nitrogens with zero attached hydrogens (tertiary/aromatic N) is 2. The van der Waals surface area contributed by atoms with Crippen molar-refractivity contribution < 1.29 is 4.39 Å². The molecule has 10 heavy (non-hydrogen) atoms. The first kappa shape index (κ1) is 7.21. The fourth-order valence-corrected chi connectivity index (χ4v) is 0.654. The second-order valence-electron chi connectivity index (χ2n) is 1.59. The first-order valence-corrected chi connectivity index (χ1v) is 2.97. The van der Waals surface area contributed by atoms with Crippen molar-refractivity contribution in [2.24, 2.45) is 0 Å². The minimum absolute atomic E-state index is 0.0331. The van der Waals surface area contributed by atoms with Crippen molar-refractivity contribution in [2.75, 3.05) is 12.4 Å². The molecule has 0 unspecified atom stereocenters. The summed E-state index contributed by atoms with van der Waals surface area (Å²) in [6.45, 7) is 0. The van der Waals surface area contributed by atoms with Crippen LogP contribution in [0, 0.1) is 5.82 Å². The molecule has 0 saturated carbocycles. The molecule has 0 fully saturated rings. The first-order chi connectivity index (χ1) is 4.74. The lowest BCUT2D eigenvalue weighted by molar-refractivity contribution is 0.618. The molecule has 1 N–H and O–H groups in total. The Labute approximate surface area is 62.3 Å². The summed E-state index contributed by atoms with van der Waals surface area (Å²) < 4.78 is 12.5. The molecule has 0 aliphatic rings. The van der Waals surface area contributed by atoms with Gasteiger partial charge < -0.3 is 5.32 Å². The second kappa shape index (κ2) is 2.79. The van der Waals surface area contributed by atoms with E-state index in [1.54, 1.807) is 7.05 Å². The van der Waals surface area contributed by atoms with Gasteiger partial charge in [0.2, 0.25) is 5.28 Å². The van der Waals surface area contributed by atoms with Gasteiger partial charge in [0.05, 0.1) is 6.20 Å². The normalized spacial score (nSPS) is 9.50. The Morgan fingerprint density at radius 2 is 2.40 bits per heavy atom. The molecule has 0 aliphatic heterocycles. The highest BCUT2D eigenvalue weighted by Crippen LogP contribution is 2.10. The quantitative estimate of drug-likeness (QED) is 0.632. The van der Waals surface area contributed by atoms with E-state index in [2.05, 4.69) is 15.3 Å². The molecular formula is C5H5ClFN3. The highest BCUT2D eigenvalue weighted by Gasteiger charge is 2.01. The Balaban J connectivity index is 3.09. The zero-order valence-corrected chi connectivity index (χ0v) is 5.98. The third-order valence-corrected chi connectivity index (χ3v) is 1.13. The molecule has 5 heteroatoms. The maximum absolute atomic E-state index is 12.5. The van der Waals surface area contributed by atoms with Crippen LogP contribution in [0.5, 0.6) is 0 Å². The molecule has 1 heterocycles. The number of halogens is 2. The molecule has 0 aliphatic carbocycles. The van der Waals surface area contributed by atoms with Gasteiger partial charge in [-0.3, -0.25) is 0 Å². The van der Waals surface area contributed by atoms with Gasteiger partial charge >= 0.3 is 0 Å². The maximum atomic E-state index is 12.5. The number of anilines is 1. The largest absolute Gasteiger partial charge is 0.371 e. The Morgan fingerprint density at radius 3 is 2.90 bits per heavy atom. The number of aromatic nitrogens is 2. The third kappa shape index (κ3) is 1.33. The first-order valence-electron chi connectivity index (χ1n) is 2.60. The van der Waals surface area contributed by atoms with E-state index >= 15 is 0 Å². The van der Waals surface area contributed by atoms with Crippen molar-refractivity contribution in [3.8, 4) is 0 Å². The van der Waals surface area contributed by atoms with Crippen LogP contribution in [0.3, 0.4) is 0 Å². The standard InChI is InChI=1S/C5H5ClFN3/c1-8-4-3(7)2-9-5(6)10-4/h2H,1H3,(H,8,9,10). The van der Waals surface area contributed by atoms with Gasteiger partial charge in [-0.2, -0.15) is 4.98 Å². The van der Waals surface area contributed by atoms with Crippen LogP contribution < -0.4 is 5.32 Å². The Bertz CT molecular complexity index is 240. The van der Waals surface area contributed by atoms with E-state index in [0.717, 1.165) is 6.20 Å². The summed E-state index contributed by atoms with van der Waals surface area (Å²) >= 11 is 5.37. The topological polar surface area (TPSA) is 37.8 Å². The lowest BCUT2D eigenvalue weighted by Gasteiger charge is -1.98. The molecule has 0 aromatic carbocycles. The molecule has 0 atom stereocenters. The van der Waals surface area contributed by atoms with Crippen LogP contribution in [0.15, 0.2) is 6.20 Å². The summed E-state index contributed by atoms with van der Waals surface area (Å²) in [5.41, 5.74) is 0. The van der Waals surface area contributed by atoms with Gasteiger partial charge in [0.25, 0.3) is 0 Å². The number of hydrogen-bond donors (Lipinski definition) is 1. The summed E-state index contributed by atoms with van der Waals surface area (Å²) in [6.07, 6.45) is 1.02. The summed E-state index contributed by atoms with van der Waals surface area (Å²) in [5, 5.41) is 2.56. The van der Waals surface area contributed by atoms with E-state index in [-0.39, 0.29) is 11.1 Å². The number of rotatable bonds is 1. The third-order valence-electron chi connectivity index (χ3n) is 0.952. The second-order valence-corrected chi connectivity index (χ2v) is 1.92. The molecule has 0 spiro atoms. The fourth-order valence-electron chi connectivity index (χ4n) is 0.521. The van der Waals surface area contributed by atoms with E-state index in [4.69, 9.17) is 11.6 Å². The van der Waals surface area contributed by atoms with Crippen LogP contribution in [0.1, 0.15) is 0 Å². The van der Waals surface area contributed by atoms with Crippen molar-refractivity contribution >= 4 is 17.4 Å². The zero-order valence-electron chi connectivity index (χ0n) is 5.23. The van der Waals surface area contributed by atoms with Crippen LogP contribution in [-0.4, -0.2) is 17.0 Å².